The predicted molar refractivity (Wildman–Crippen MR) is 142 cm³/mol. The fraction of sp³-hybridized carbons (Fsp3) is 0.121. The number of hydrogen-bond donors (Lipinski definition) is 0. The van der Waals surface area contributed by atoms with Crippen molar-refractivity contribution < 1.29 is 46.1 Å². The number of fused-ring (bicyclic) bond motifs is 3. The molecule has 0 saturated carbocycles. The van der Waals surface area contributed by atoms with Crippen LogP contribution in [-0.2, 0) is 27.7 Å². The maximum absolute atomic E-state index is 2.52. The van der Waals surface area contributed by atoms with Crippen molar-refractivity contribution in [2.75, 3.05) is 0 Å². The van der Waals surface area contributed by atoms with Crippen molar-refractivity contribution in [1.29, 1.82) is 0 Å². The maximum atomic E-state index is 2.46. The Bertz CT molecular complexity index is 1480. The summed E-state index contributed by atoms with van der Waals surface area (Å²) in [5.41, 5.74) is 11.4. The molecule has 0 radical (unpaired) electrons. The van der Waals surface area contributed by atoms with E-state index in [9.17, 15) is 0 Å². The molecule has 2 aliphatic rings. The van der Waals surface area contributed by atoms with Crippen molar-refractivity contribution in [2.45, 2.75) is 26.7 Å². The Labute approximate surface area is 234 Å². The second-order valence-corrected chi connectivity index (χ2v) is 15.5. The van der Waals surface area contributed by atoms with Crippen LogP contribution >= 0.6 is 0 Å². The van der Waals surface area contributed by atoms with Gasteiger partial charge in [0.25, 0.3) is 0 Å². The van der Waals surface area contributed by atoms with E-state index in [-0.39, 0.29) is 24.8 Å². The molecule has 0 bridgehead atoms. The predicted octanol–water partition coefficient (Wildman–Crippen LogP) is 1.24. The molecule has 2 aliphatic carbocycles. The van der Waals surface area contributed by atoms with Crippen LogP contribution in [0.1, 0.15) is 39.8 Å². The Hall–Kier alpha value is -2.31. The van der Waals surface area contributed by atoms with E-state index in [4.69, 9.17) is 0 Å². The maximum Gasteiger partial charge on any atom is -1.00 e. The molecule has 0 heterocycles. The minimum Gasteiger partial charge on any atom is -1.00 e. The minimum absolute atomic E-state index is 0. The van der Waals surface area contributed by atoms with Gasteiger partial charge in [0.15, 0.2) is 0 Å². The molecule has 0 unspecified atom stereocenters. The van der Waals surface area contributed by atoms with E-state index in [0.717, 1.165) is 12.8 Å². The van der Waals surface area contributed by atoms with Crippen LogP contribution in [0.25, 0.3) is 11.1 Å². The molecule has 36 heavy (non-hydrogen) atoms. The summed E-state index contributed by atoms with van der Waals surface area (Å²) >= 11 is -2.52. The molecular weight excluding hydrogens is 558 g/mol. The van der Waals surface area contributed by atoms with Crippen LogP contribution in [0.3, 0.4) is 0 Å². The van der Waals surface area contributed by atoms with E-state index < -0.39 is 21.3 Å². The van der Waals surface area contributed by atoms with Gasteiger partial charge in [0.05, 0.1) is 0 Å². The van der Waals surface area contributed by atoms with Crippen molar-refractivity contribution in [3.8, 4) is 11.1 Å². The Balaban J connectivity index is 0.00000152. The third-order valence-corrected chi connectivity index (χ3v) is 14.7. The van der Waals surface area contributed by atoms with Crippen LogP contribution in [0, 0.1) is 13.8 Å². The summed E-state index contributed by atoms with van der Waals surface area (Å²) in [4.78, 5) is 0. The third kappa shape index (κ3) is 4.95. The Morgan fingerprint density at radius 3 is 1.97 bits per heavy atom. The van der Waals surface area contributed by atoms with Gasteiger partial charge in [-0.2, -0.15) is 0 Å². The normalized spacial score (nSPS) is 12.4. The molecule has 0 atom stereocenters. The second kappa shape index (κ2) is 11.4. The van der Waals surface area contributed by atoms with Crippen LogP contribution in [-0.4, -0.2) is 3.21 Å². The standard InChI is InChI=1S/C15H14.C13H9.C5H5.2ClH.Zr/c1-12-5-3-7-14(9-12)11-15-8-4-6-13(2)10-15;1-3-7-12-10(5-1)9-11-6-2-4-8-13(11)12;1-2-4-5-3-1;;;/h3-10H,1-2H3;1-5,7-8H,9H2;1-3H,4H2;2*1H;/q;;;;;+2/p-2. The number of allylic oxidation sites excluding steroid dienone is 4. The molecule has 4 aromatic carbocycles. The monoisotopic (exact) mass is 584 g/mol. The van der Waals surface area contributed by atoms with Crippen molar-refractivity contribution in [2.24, 2.45) is 0 Å². The summed E-state index contributed by atoms with van der Waals surface area (Å²) in [6, 6.07) is 34.5. The van der Waals surface area contributed by atoms with Gasteiger partial charge in [-0.15, -0.1) is 0 Å². The van der Waals surface area contributed by atoms with E-state index >= 15 is 0 Å². The molecule has 3 heteroatoms. The van der Waals surface area contributed by atoms with Crippen LogP contribution in [0.5, 0.6) is 0 Å². The molecule has 0 amide bonds. The van der Waals surface area contributed by atoms with Gasteiger partial charge in [0.1, 0.15) is 0 Å². The van der Waals surface area contributed by atoms with E-state index in [1.807, 2.05) is 0 Å². The second-order valence-electron chi connectivity index (χ2n) is 9.48. The zero-order valence-corrected chi connectivity index (χ0v) is 24.5. The Morgan fingerprint density at radius 2 is 1.33 bits per heavy atom. The number of aryl methyl sites for hydroxylation is 2. The molecular formula is C33H28Cl2Zr. The molecule has 0 spiro atoms. The first kappa shape index (κ1) is 26.7. The van der Waals surface area contributed by atoms with E-state index in [1.165, 1.54) is 38.9 Å². The van der Waals surface area contributed by atoms with Gasteiger partial charge in [-0.25, -0.2) is 0 Å². The molecule has 0 aliphatic heterocycles. The number of hydrogen-bond acceptors (Lipinski definition) is 0. The van der Waals surface area contributed by atoms with E-state index in [2.05, 4.69) is 123 Å². The molecule has 0 saturated heterocycles. The van der Waals surface area contributed by atoms with Gasteiger partial charge in [-0.05, 0) is 0 Å². The van der Waals surface area contributed by atoms with Crippen molar-refractivity contribution in [1.82, 2.24) is 0 Å². The SMILES string of the molecule is Cc1cccc([C](c2cccc(C)c2)=[Zr+2]([C]2=CC=CC2)[c]2cccc3c2Cc2ccccc2-3)c1.[Cl-].[Cl-]. The molecule has 4 aromatic rings. The molecule has 6 rings (SSSR count). The number of halogens is 2. The largest absolute Gasteiger partial charge is 1.00 e. The van der Waals surface area contributed by atoms with Crippen LogP contribution in [0.2, 0.25) is 0 Å². The quantitative estimate of drug-likeness (QED) is 0.298. The summed E-state index contributed by atoms with van der Waals surface area (Å²) < 4.78 is 4.92. The van der Waals surface area contributed by atoms with Gasteiger partial charge < -0.3 is 24.8 Å². The van der Waals surface area contributed by atoms with Gasteiger partial charge in [0, 0.05) is 0 Å². The van der Waals surface area contributed by atoms with Crippen LogP contribution in [0.4, 0.5) is 0 Å². The fourth-order valence-electron chi connectivity index (χ4n) is 5.55. The van der Waals surface area contributed by atoms with Gasteiger partial charge in [0.2, 0.25) is 0 Å². The van der Waals surface area contributed by atoms with Crippen LogP contribution in [0.15, 0.2) is 113 Å². The molecule has 178 valence electrons. The fourth-order valence-corrected chi connectivity index (χ4v) is 13.4. The van der Waals surface area contributed by atoms with Gasteiger partial charge in [-0.3, -0.25) is 0 Å². The summed E-state index contributed by atoms with van der Waals surface area (Å²) in [5.74, 6) is 0. The first-order chi connectivity index (χ1) is 16.7. The zero-order valence-electron chi connectivity index (χ0n) is 20.6. The average molecular weight is 587 g/mol. The smallest absolute Gasteiger partial charge is 1.00 e. The molecule has 0 N–H and O–H groups in total. The Kier molecular flexibility index (Phi) is 8.46. The summed E-state index contributed by atoms with van der Waals surface area (Å²) in [7, 11) is 0. The Morgan fingerprint density at radius 1 is 0.694 bits per heavy atom. The zero-order chi connectivity index (χ0) is 23.1. The van der Waals surface area contributed by atoms with E-state index in [0.29, 0.717) is 0 Å². The minimum atomic E-state index is -2.52. The van der Waals surface area contributed by atoms with E-state index in [1.54, 1.807) is 15.3 Å². The molecule has 0 nitrogen and oxygen atoms in total. The van der Waals surface area contributed by atoms with Gasteiger partial charge in [-0.1, -0.05) is 0 Å². The summed E-state index contributed by atoms with van der Waals surface area (Å²) in [5, 5.41) is 0. The first-order valence-electron chi connectivity index (χ1n) is 12.1. The molecule has 0 aromatic heterocycles. The van der Waals surface area contributed by atoms with Crippen molar-refractivity contribution in [3.63, 3.8) is 0 Å². The molecule has 0 fully saturated rings. The van der Waals surface area contributed by atoms with Crippen LogP contribution < -0.4 is 28.1 Å². The number of benzene rings is 4. The third-order valence-electron chi connectivity index (χ3n) is 7.08. The first-order valence-corrected chi connectivity index (χ1v) is 15.8. The van der Waals surface area contributed by atoms with Crippen molar-refractivity contribution in [3.05, 3.63) is 146 Å². The average Bonchev–Trinajstić information content (AvgIpc) is 3.51. The number of rotatable bonds is 4. The topological polar surface area (TPSA) is 0 Å². The van der Waals surface area contributed by atoms with Gasteiger partial charge >= 0.3 is 211 Å². The van der Waals surface area contributed by atoms with Crippen molar-refractivity contribution >= 4 is 6.48 Å². The summed E-state index contributed by atoms with van der Waals surface area (Å²) in [6.45, 7) is 4.43. The summed E-state index contributed by atoms with van der Waals surface area (Å²) in [6.07, 6.45) is 9.20.